The Labute approximate surface area is 176 Å². The summed E-state index contributed by atoms with van der Waals surface area (Å²) >= 11 is 6.09. The number of carbonyl (C=O) groups excluding carboxylic acids is 2. The molecule has 29 heavy (non-hydrogen) atoms. The van der Waals surface area contributed by atoms with Crippen LogP contribution < -0.4 is 10.5 Å². The lowest BCUT2D eigenvalue weighted by molar-refractivity contribution is -0.139. The number of ether oxygens (including phenoxy) is 1. The molecule has 8 nitrogen and oxygen atoms in total. The molecule has 2 aliphatic rings. The van der Waals surface area contributed by atoms with Gasteiger partial charge in [-0.15, -0.1) is 0 Å². The minimum absolute atomic E-state index is 0.0550. The van der Waals surface area contributed by atoms with Gasteiger partial charge in [-0.2, -0.15) is 4.31 Å². The average molecular weight is 444 g/mol. The molecule has 10 heteroatoms. The third kappa shape index (κ3) is 4.67. The summed E-state index contributed by atoms with van der Waals surface area (Å²) in [6.45, 7) is 1.45. The second-order valence-electron chi connectivity index (χ2n) is 7.50. The van der Waals surface area contributed by atoms with Crippen LogP contribution in [0.15, 0.2) is 23.1 Å². The summed E-state index contributed by atoms with van der Waals surface area (Å²) in [6, 6.07) is 4.35. The first-order valence-corrected chi connectivity index (χ1v) is 11.5. The highest BCUT2D eigenvalue weighted by atomic mass is 35.5. The summed E-state index contributed by atoms with van der Waals surface area (Å²) in [7, 11) is -2.30. The molecule has 0 spiro atoms. The molecule has 1 atom stereocenters. The number of nitrogens with zero attached hydrogens (tertiary/aromatic N) is 2. The van der Waals surface area contributed by atoms with Crippen molar-refractivity contribution in [2.75, 3.05) is 33.3 Å². The molecular weight excluding hydrogens is 418 g/mol. The molecule has 160 valence electrons. The SMILES string of the molecule is COc1ccc(S(=O)(=O)N2CCC[C@H](C(=O)N3CCC(C(N)=O)CC3)C2)cc1Cl. The van der Waals surface area contributed by atoms with Gasteiger partial charge in [0.2, 0.25) is 21.8 Å². The van der Waals surface area contributed by atoms with Gasteiger partial charge in [0.1, 0.15) is 5.75 Å². The second-order valence-corrected chi connectivity index (χ2v) is 9.85. The molecular formula is C19H26ClN3O5S. The minimum atomic E-state index is -3.77. The van der Waals surface area contributed by atoms with Gasteiger partial charge in [-0.1, -0.05) is 11.6 Å². The van der Waals surface area contributed by atoms with Crippen molar-refractivity contribution >= 4 is 33.4 Å². The normalized spacial score (nSPS) is 21.7. The van der Waals surface area contributed by atoms with Crippen molar-refractivity contribution in [3.8, 4) is 5.75 Å². The first-order valence-electron chi connectivity index (χ1n) is 9.66. The smallest absolute Gasteiger partial charge is 0.243 e. The topological polar surface area (TPSA) is 110 Å². The second kappa shape index (κ2) is 8.89. The van der Waals surface area contributed by atoms with E-state index in [0.717, 1.165) is 0 Å². The Bertz CT molecular complexity index is 884. The molecule has 2 heterocycles. The van der Waals surface area contributed by atoms with Crippen LogP contribution in [0, 0.1) is 11.8 Å². The van der Waals surface area contributed by atoms with Gasteiger partial charge in [-0.3, -0.25) is 9.59 Å². The molecule has 0 saturated carbocycles. The molecule has 2 saturated heterocycles. The number of rotatable bonds is 5. The Hall–Kier alpha value is -1.84. The van der Waals surface area contributed by atoms with Gasteiger partial charge in [0, 0.05) is 32.1 Å². The quantitative estimate of drug-likeness (QED) is 0.740. The number of nitrogens with two attached hydrogens (primary N) is 1. The van der Waals surface area contributed by atoms with Crippen LogP contribution in [-0.4, -0.2) is 62.7 Å². The predicted molar refractivity (Wildman–Crippen MR) is 108 cm³/mol. The van der Waals surface area contributed by atoms with Crippen molar-refractivity contribution in [2.24, 2.45) is 17.6 Å². The van der Waals surface area contributed by atoms with Gasteiger partial charge in [0.15, 0.2) is 0 Å². The van der Waals surface area contributed by atoms with E-state index >= 15 is 0 Å². The molecule has 3 rings (SSSR count). The van der Waals surface area contributed by atoms with E-state index in [1.54, 1.807) is 4.90 Å². The Morgan fingerprint density at radius 3 is 2.41 bits per heavy atom. The van der Waals surface area contributed by atoms with Gasteiger partial charge in [0.05, 0.1) is 22.9 Å². The highest BCUT2D eigenvalue weighted by Gasteiger charge is 2.36. The molecule has 0 radical (unpaired) electrons. The van der Waals surface area contributed by atoms with Gasteiger partial charge >= 0.3 is 0 Å². The molecule has 2 aliphatic heterocycles. The Morgan fingerprint density at radius 1 is 1.14 bits per heavy atom. The maximum absolute atomic E-state index is 13.1. The zero-order valence-electron chi connectivity index (χ0n) is 16.3. The lowest BCUT2D eigenvalue weighted by Gasteiger charge is -2.37. The Balaban J connectivity index is 1.69. The van der Waals surface area contributed by atoms with Crippen molar-refractivity contribution in [3.63, 3.8) is 0 Å². The summed E-state index contributed by atoms with van der Waals surface area (Å²) in [5.74, 6) is -0.568. The maximum Gasteiger partial charge on any atom is 0.243 e. The number of sulfonamides is 1. The standard InChI is InChI=1S/C19H26ClN3O5S/c1-28-17-5-4-15(11-16(17)20)29(26,27)23-8-2-3-14(12-23)19(25)22-9-6-13(7-10-22)18(21)24/h4-5,11,13-14H,2-3,6-10,12H2,1H3,(H2,21,24)/t14-/m0/s1. The molecule has 0 unspecified atom stereocenters. The molecule has 0 aromatic heterocycles. The number of hydrogen-bond donors (Lipinski definition) is 1. The molecule has 0 aliphatic carbocycles. The average Bonchev–Trinajstić information content (AvgIpc) is 2.73. The number of hydrogen-bond acceptors (Lipinski definition) is 5. The van der Waals surface area contributed by atoms with E-state index in [-0.39, 0.29) is 34.2 Å². The summed E-state index contributed by atoms with van der Waals surface area (Å²) in [4.78, 5) is 26.0. The fourth-order valence-electron chi connectivity index (χ4n) is 3.96. The zero-order valence-corrected chi connectivity index (χ0v) is 17.9. The van der Waals surface area contributed by atoms with Crippen molar-refractivity contribution in [1.82, 2.24) is 9.21 Å². The highest BCUT2D eigenvalue weighted by Crippen LogP contribution is 2.31. The Kier molecular flexibility index (Phi) is 6.70. The number of primary amides is 1. The fourth-order valence-corrected chi connectivity index (χ4v) is 5.83. The molecule has 0 bridgehead atoms. The lowest BCUT2D eigenvalue weighted by atomic mass is 9.93. The summed E-state index contributed by atoms with van der Waals surface area (Å²) < 4.78 is 32.5. The maximum atomic E-state index is 13.1. The third-order valence-electron chi connectivity index (χ3n) is 5.70. The van der Waals surface area contributed by atoms with E-state index in [1.165, 1.54) is 29.6 Å². The van der Waals surface area contributed by atoms with Gasteiger partial charge in [-0.25, -0.2) is 8.42 Å². The van der Waals surface area contributed by atoms with Crippen LogP contribution in [-0.2, 0) is 19.6 Å². The van der Waals surface area contributed by atoms with Crippen LogP contribution in [0.1, 0.15) is 25.7 Å². The lowest BCUT2D eigenvalue weighted by Crippen LogP contribution is -2.49. The van der Waals surface area contributed by atoms with E-state index in [9.17, 15) is 18.0 Å². The van der Waals surface area contributed by atoms with Crippen molar-refractivity contribution in [1.29, 1.82) is 0 Å². The van der Waals surface area contributed by atoms with E-state index in [0.29, 0.717) is 51.1 Å². The van der Waals surface area contributed by atoms with Gasteiger partial charge in [-0.05, 0) is 43.9 Å². The molecule has 1 aromatic rings. The van der Waals surface area contributed by atoms with Crippen LogP contribution in [0.4, 0.5) is 0 Å². The van der Waals surface area contributed by atoms with Crippen molar-refractivity contribution in [3.05, 3.63) is 23.2 Å². The number of amides is 2. The number of carbonyl (C=O) groups is 2. The number of likely N-dealkylation sites (tertiary alicyclic amines) is 1. The molecule has 2 fully saturated rings. The predicted octanol–water partition coefficient (Wildman–Crippen LogP) is 1.47. The third-order valence-corrected chi connectivity index (χ3v) is 7.86. The summed E-state index contributed by atoms with van der Waals surface area (Å²) in [6.07, 6.45) is 2.36. The van der Waals surface area contributed by atoms with Crippen LogP contribution in [0.3, 0.4) is 0 Å². The van der Waals surface area contributed by atoms with E-state index in [2.05, 4.69) is 0 Å². The van der Waals surface area contributed by atoms with Crippen LogP contribution >= 0.6 is 11.6 Å². The molecule has 2 N–H and O–H groups in total. The first kappa shape index (κ1) is 21.9. The molecule has 1 aromatic carbocycles. The summed E-state index contributed by atoms with van der Waals surface area (Å²) in [5.41, 5.74) is 5.35. The number of halogens is 1. The Morgan fingerprint density at radius 2 is 1.83 bits per heavy atom. The highest BCUT2D eigenvalue weighted by molar-refractivity contribution is 7.89. The minimum Gasteiger partial charge on any atom is -0.495 e. The number of piperidine rings is 2. The van der Waals surface area contributed by atoms with Crippen LogP contribution in [0.2, 0.25) is 5.02 Å². The largest absolute Gasteiger partial charge is 0.495 e. The van der Waals surface area contributed by atoms with Gasteiger partial charge < -0.3 is 15.4 Å². The summed E-state index contributed by atoms with van der Waals surface area (Å²) in [5, 5.41) is 0.218. The van der Waals surface area contributed by atoms with Gasteiger partial charge in [0.25, 0.3) is 0 Å². The van der Waals surface area contributed by atoms with E-state index < -0.39 is 15.9 Å². The number of methoxy groups -OCH3 is 1. The zero-order chi connectivity index (χ0) is 21.2. The van der Waals surface area contributed by atoms with E-state index in [4.69, 9.17) is 22.1 Å². The first-order chi connectivity index (χ1) is 13.7. The fraction of sp³-hybridized carbons (Fsp3) is 0.579. The van der Waals surface area contributed by atoms with Crippen LogP contribution in [0.25, 0.3) is 0 Å². The van der Waals surface area contributed by atoms with Crippen molar-refractivity contribution < 1.29 is 22.7 Å². The number of benzene rings is 1. The molecule has 2 amide bonds. The monoisotopic (exact) mass is 443 g/mol. The van der Waals surface area contributed by atoms with E-state index in [1.807, 2.05) is 0 Å². The van der Waals surface area contributed by atoms with Crippen molar-refractivity contribution in [2.45, 2.75) is 30.6 Å². The van der Waals surface area contributed by atoms with Crippen LogP contribution in [0.5, 0.6) is 5.75 Å².